The Morgan fingerprint density at radius 1 is 0.673 bits per heavy atom. The quantitative estimate of drug-likeness (QED) is 0.145. The fraction of sp³-hybridized carbons (Fsp3) is 0.282. The van der Waals surface area contributed by atoms with Crippen LogP contribution in [0.3, 0.4) is 0 Å². The SMILES string of the molecule is CC(C)CCCCl.CN(C)CCCn1cc(-c2ccc(Cl)c(Cl)c2)c2cc(Cl)ccc21.Clc1ccc2[nH]cc(-c3ccc(Cl)c(Cl)c3)c2c1. The van der Waals surface area contributed by atoms with Gasteiger partial charge in [-0.3, -0.25) is 0 Å². The minimum Gasteiger partial charge on any atom is -0.361 e. The molecule has 0 aliphatic rings. The summed E-state index contributed by atoms with van der Waals surface area (Å²) < 4.78 is 2.28. The number of fused-ring (bicyclic) bond motifs is 2. The summed E-state index contributed by atoms with van der Waals surface area (Å²) in [6.45, 7) is 6.44. The smallest absolute Gasteiger partial charge is 0.0598 e. The molecular weight excluding hydrogens is 759 g/mol. The maximum atomic E-state index is 6.23. The maximum Gasteiger partial charge on any atom is 0.0598 e. The highest BCUT2D eigenvalue weighted by Gasteiger charge is 2.13. The molecule has 3 nitrogen and oxygen atoms in total. The lowest BCUT2D eigenvalue weighted by molar-refractivity contribution is 0.388. The van der Waals surface area contributed by atoms with E-state index in [0.29, 0.717) is 25.1 Å². The van der Waals surface area contributed by atoms with E-state index >= 15 is 0 Å². The van der Waals surface area contributed by atoms with Gasteiger partial charge in [0.15, 0.2) is 0 Å². The number of nitrogens with zero attached hydrogens (tertiary/aromatic N) is 2. The van der Waals surface area contributed by atoms with Crippen molar-refractivity contribution < 1.29 is 0 Å². The van der Waals surface area contributed by atoms with Crippen LogP contribution in [-0.4, -0.2) is 41.0 Å². The van der Waals surface area contributed by atoms with E-state index < -0.39 is 0 Å². The van der Waals surface area contributed by atoms with Gasteiger partial charge in [0.25, 0.3) is 0 Å². The third-order valence-electron chi connectivity index (χ3n) is 7.87. The molecule has 0 spiro atoms. The molecule has 0 aliphatic carbocycles. The predicted octanol–water partition coefficient (Wildman–Crippen LogP) is 14.7. The topological polar surface area (TPSA) is 24.0 Å². The second-order valence-electron chi connectivity index (χ2n) is 12.4. The number of nitrogens with one attached hydrogen (secondary N) is 1. The average Bonchev–Trinajstić information content (AvgIpc) is 3.64. The first-order chi connectivity index (χ1) is 23.4. The summed E-state index contributed by atoms with van der Waals surface area (Å²) in [6.07, 6.45) is 7.64. The molecule has 0 radical (unpaired) electrons. The number of aryl methyl sites for hydroxylation is 1. The van der Waals surface area contributed by atoms with Crippen molar-refractivity contribution in [1.29, 1.82) is 0 Å². The molecule has 0 amide bonds. The minimum atomic E-state index is 0.547. The Morgan fingerprint density at radius 3 is 1.82 bits per heavy atom. The third kappa shape index (κ3) is 11.2. The van der Waals surface area contributed by atoms with E-state index in [-0.39, 0.29) is 0 Å². The van der Waals surface area contributed by atoms with Crippen molar-refractivity contribution in [3.8, 4) is 22.3 Å². The largest absolute Gasteiger partial charge is 0.361 e. The van der Waals surface area contributed by atoms with Crippen LogP contribution in [0.1, 0.15) is 33.1 Å². The Morgan fingerprint density at radius 2 is 1.27 bits per heavy atom. The zero-order chi connectivity index (χ0) is 35.7. The van der Waals surface area contributed by atoms with E-state index in [1.54, 1.807) is 6.07 Å². The van der Waals surface area contributed by atoms with Gasteiger partial charge in [-0.2, -0.15) is 0 Å². The lowest BCUT2D eigenvalue weighted by Crippen LogP contribution is -2.14. The van der Waals surface area contributed by atoms with Crippen molar-refractivity contribution in [1.82, 2.24) is 14.5 Å². The van der Waals surface area contributed by atoms with Crippen molar-refractivity contribution in [3.63, 3.8) is 0 Å². The molecule has 49 heavy (non-hydrogen) atoms. The second-order valence-corrected chi connectivity index (χ2v) is 15.3. The first-order valence-electron chi connectivity index (χ1n) is 16.0. The van der Waals surface area contributed by atoms with Gasteiger partial charge in [-0.1, -0.05) is 95.6 Å². The molecule has 260 valence electrons. The van der Waals surface area contributed by atoms with E-state index in [9.17, 15) is 0 Å². The number of aromatic amines is 1. The van der Waals surface area contributed by atoms with Crippen LogP contribution in [0.4, 0.5) is 0 Å². The lowest BCUT2D eigenvalue weighted by atomic mass is 10.1. The fourth-order valence-electron chi connectivity index (χ4n) is 5.39. The molecule has 0 saturated heterocycles. The van der Waals surface area contributed by atoms with Gasteiger partial charge in [-0.15, -0.1) is 11.6 Å². The van der Waals surface area contributed by atoms with Crippen molar-refractivity contribution in [2.24, 2.45) is 5.92 Å². The molecule has 6 rings (SSSR count). The van der Waals surface area contributed by atoms with E-state index in [2.05, 4.69) is 54.7 Å². The molecule has 0 unspecified atom stereocenters. The van der Waals surface area contributed by atoms with Crippen LogP contribution in [0.25, 0.3) is 44.1 Å². The second kappa shape index (κ2) is 19.0. The van der Waals surface area contributed by atoms with Gasteiger partial charge < -0.3 is 14.5 Å². The summed E-state index contributed by atoms with van der Waals surface area (Å²) in [5, 5.41) is 5.87. The van der Waals surface area contributed by atoms with Crippen molar-refractivity contribution in [2.75, 3.05) is 26.5 Å². The van der Waals surface area contributed by atoms with Gasteiger partial charge in [-0.05, 0) is 118 Å². The molecule has 0 aliphatic heterocycles. The third-order valence-corrected chi connectivity index (χ3v) is 10.1. The summed E-state index contributed by atoms with van der Waals surface area (Å²) >= 11 is 41.9. The first kappa shape index (κ1) is 39.7. The number of alkyl halides is 1. The van der Waals surface area contributed by atoms with E-state index in [1.807, 2.05) is 66.9 Å². The standard InChI is InChI=1S/C19H19Cl3N2.C14H8Cl3N.C6H13Cl/c1-23(2)8-3-9-24-12-16(13-4-6-17(21)18(22)10-13)15-11-14(20)5-7-19(15)24;15-9-2-4-14-10(6-9)11(7-18-14)8-1-3-12(16)13(17)5-8;1-6(2)4-3-5-7/h4-7,10-12H,3,8-9H2,1-2H3;1-7,18H;6H,3-5H2,1-2H3. The van der Waals surface area contributed by atoms with Gasteiger partial charge in [0.1, 0.15) is 0 Å². The van der Waals surface area contributed by atoms with Crippen LogP contribution < -0.4 is 0 Å². The summed E-state index contributed by atoms with van der Waals surface area (Å²) in [5.74, 6) is 1.64. The number of benzene rings is 4. The van der Waals surface area contributed by atoms with E-state index in [0.717, 1.165) is 74.9 Å². The molecule has 1 N–H and O–H groups in total. The highest BCUT2D eigenvalue weighted by Crippen LogP contribution is 2.36. The number of rotatable bonds is 9. The fourth-order valence-corrected chi connectivity index (χ4v) is 6.48. The zero-order valence-electron chi connectivity index (χ0n) is 27.9. The van der Waals surface area contributed by atoms with Crippen LogP contribution in [0.15, 0.2) is 85.2 Å². The summed E-state index contributed by atoms with van der Waals surface area (Å²) in [5.41, 5.74) is 6.46. The van der Waals surface area contributed by atoms with E-state index in [1.165, 1.54) is 18.4 Å². The Hall–Kier alpha value is -2.05. The molecular formula is C39H40Cl7N3. The summed E-state index contributed by atoms with van der Waals surface area (Å²) in [7, 11) is 4.18. The molecule has 10 heteroatoms. The summed E-state index contributed by atoms with van der Waals surface area (Å²) in [4.78, 5) is 5.41. The van der Waals surface area contributed by atoms with Crippen LogP contribution in [0.2, 0.25) is 30.1 Å². The Kier molecular flexibility index (Phi) is 15.4. The van der Waals surface area contributed by atoms with Crippen LogP contribution in [-0.2, 0) is 6.54 Å². The number of hydrogen-bond donors (Lipinski definition) is 1. The molecule has 2 aromatic heterocycles. The predicted molar refractivity (Wildman–Crippen MR) is 219 cm³/mol. The van der Waals surface area contributed by atoms with Gasteiger partial charge >= 0.3 is 0 Å². The molecule has 4 aromatic carbocycles. The normalized spacial score (nSPS) is 11.2. The molecule has 6 aromatic rings. The Bertz CT molecular complexity index is 1980. The minimum absolute atomic E-state index is 0.547. The van der Waals surface area contributed by atoms with Crippen molar-refractivity contribution in [2.45, 2.75) is 39.7 Å². The van der Waals surface area contributed by atoms with Crippen LogP contribution in [0, 0.1) is 5.92 Å². The number of halogens is 7. The van der Waals surface area contributed by atoms with Gasteiger partial charge in [0.05, 0.1) is 20.1 Å². The number of aromatic nitrogens is 2. The Labute approximate surface area is 325 Å². The highest BCUT2D eigenvalue weighted by atomic mass is 35.5. The Balaban J connectivity index is 0.000000190. The van der Waals surface area contributed by atoms with Crippen LogP contribution in [0.5, 0.6) is 0 Å². The van der Waals surface area contributed by atoms with E-state index in [4.69, 9.17) is 81.2 Å². The maximum absolute atomic E-state index is 6.23. The average molecular weight is 799 g/mol. The zero-order valence-corrected chi connectivity index (χ0v) is 33.2. The van der Waals surface area contributed by atoms with Crippen LogP contribution >= 0.6 is 81.2 Å². The van der Waals surface area contributed by atoms with Crippen molar-refractivity contribution >= 4 is 103 Å². The molecule has 0 saturated carbocycles. The van der Waals surface area contributed by atoms with Gasteiger partial charge in [0, 0.05) is 67.8 Å². The molecule has 2 heterocycles. The first-order valence-corrected chi connectivity index (χ1v) is 18.8. The molecule has 0 bridgehead atoms. The molecule has 0 atom stereocenters. The van der Waals surface area contributed by atoms with Gasteiger partial charge in [-0.25, -0.2) is 0 Å². The van der Waals surface area contributed by atoms with Crippen molar-refractivity contribution in [3.05, 3.63) is 115 Å². The molecule has 0 fully saturated rings. The lowest BCUT2D eigenvalue weighted by Gasteiger charge is -2.10. The highest BCUT2D eigenvalue weighted by molar-refractivity contribution is 6.42. The summed E-state index contributed by atoms with van der Waals surface area (Å²) in [6, 6.07) is 23.1. The number of hydrogen-bond acceptors (Lipinski definition) is 1. The van der Waals surface area contributed by atoms with Gasteiger partial charge in [0.2, 0.25) is 0 Å². The number of H-pyrrole nitrogens is 1. The monoisotopic (exact) mass is 795 g/mol.